The quantitative estimate of drug-likeness (QED) is 0.461. The van der Waals surface area contributed by atoms with Crippen LogP contribution < -0.4 is 4.74 Å². The molecule has 0 atom stereocenters. The Morgan fingerprint density at radius 3 is 2.60 bits per heavy atom. The number of hydrogen-bond acceptors (Lipinski definition) is 5. The van der Waals surface area contributed by atoms with Crippen LogP contribution in [0.2, 0.25) is 0 Å². The van der Waals surface area contributed by atoms with Crippen LogP contribution in [-0.4, -0.2) is 34.6 Å². The van der Waals surface area contributed by atoms with Crippen LogP contribution in [0.1, 0.15) is 28.7 Å². The van der Waals surface area contributed by atoms with E-state index in [4.69, 9.17) is 9.26 Å². The molecule has 0 N–H and O–H groups in total. The lowest BCUT2D eigenvalue weighted by atomic mass is 9.95. The summed E-state index contributed by atoms with van der Waals surface area (Å²) in [5, 5.41) is 5.84. The molecule has 0 aliphatic heterocycles. The van der Waals surface area contributed by atoms with Gasteiger partial charge in [0.25, 0.3) is 5.91 Å². The van der Waals surface area contributed by atoms with Crippen LogP contribution in [0.3, 0.4) is 0 Å². The van der Waals surface area contributed by atoms with Crippen LogP contribution in [0.5, 0.6) is 5.88 Å². The van der Waals surface area contributed by atoms with Crippen molar-refractivity contribution in [2.24, 2.45) is 0 Å². The molecule has 0 saturated carbocycles. The molecule has 0 aliphatic carbocycles. The van der Waals surface area contributed by atoms with Crippen LogP contribution in [0.25, 0.3) is 21.9 Å². The highest BCUT2D eigenvalue weighted by molar-refractivity contribution is 6.10. The Hall–Kier alpha value is -3.67. The monoisotopic (exact) mass is 401 g/mol. The van der Waals surface area contributed by atoms with Crippen molar-refractivity contribution in [3.05, 3.63) is 77.8 Å². The summed E-state index contributed by atoms with van der Waals surface area (Å²) in [6.07, 6.45) is 1.72. The molecule has 0 bridgehead atoms. The van der Waals surface area contributed by atoms with E-state index in [1.54, 1.807) is 18.1 Å². The summed E-state index contributed by atoms with van der Waals surface area (Å²) in [6, 6.07) is 17.4. The van der Waals surface area contributed by atoms with E-state index in [9.17, 15) is 4.79 Å². The van der Waals surface area contributed by atoms with E-state index < -0.39 is 0 Å². The summed E-state index contributed by atoms with van der Waals surface area (Å²) in [4.78, 5) is 19.2. The lowest BCUT2D eigenvalue weighted by Gasteiger charge is -2.18. The molecule has 1 amide bonds. The van der Waals surface area contributed by atoms with Gasteiger partial charge in [0, 0.05) is 30.4 Å². The number of ether oxygens (including phenoxy) is 1. The number of carbonyl (C=O) groups excluding carboxylic acids is 1. The van der Waals surface area contributed by atoms with E-state index in [0.29, 0.717) is 24.6 Å². The second-order valence-electron chi connectivity index (χ2n) is 7.09. The average molecular weight is 401 g/mol. The Kier molecular flexibility index (Phi) is 5.48. The largest absolute Gasteiger partial charge is 0.478 e. The van der Waals surface area contributed by atoms with Crippen molar-refractivity contribution in [1.82, 2.24) is 15.0 Å². The topological polar surface area (TPSA) is 68.5 Å². The third-order valence-corrected chi connectivity index (χ3v) is 4.92. The predicted octanol–water partition coefficient (Wildman–Crippen LogP) is 4.87. The Morgan fingerprint density at radius 2 is 1.83 bits per heavy atom. The number of amides is 1. The molecule has 4 rings (SSSR count). The molecule has 0 aliphatic rings. The Morgan fingerprint density at radius 1 is 1.07 bits per heavy atom. The number of benzene rings is 2. The first kappa shape index (κ1) is 19.6. The van der Waals surface area contributed by atoms with Gasteiger partial charge < -0.3 is 14.2 Å². The maximum absolute atomic E-state index is 13.2. The molecule has 2 heterocycles. The molecule has 0 radical (unpaired) electrons. The van der Waals surface area contributed by atoms with E-state index in [1.807, 2.05) is 68.4 Å². The molecule has 0 saturated heterocycles. The van der Waals surface area contributed by atoms with Gasteiger partial charge in [-0.25, -0.2) is 4.98 Å². The zero-order valence-corrected chi connectivity index (χ0v) is 17.3. The standard InChI is InChI=1S/C24H23N3O3/c1-4-29-23-21(12-7-13-25-23)19-9-5-10-20-18(19)8-6-11-22(20)24(28)27(3)15-17-14-16(2)30-26-17/h5-14H,4,15H2,1-3H3. The van der Waals surface area contributed by atoms with Gasteiger partial charge in [-0.2, -0.15) is 0 Å². The molecule has 0 fully saturated rings. The number of fused-ring (bicyclic) bond motifs is 1. The van der Waals surface area contributed by atoms with Crippen LogP contribution in [0, 0.1) is 6.92 Å². The van der Waals surface area contributed by atoms with Crippen LogP contribution in [0.15, 0.2) is 65.3 Å². The zero-order chi connectivity index (χ0) is 21.1. The highest BCUT2D eigenvalue weighted by atomic mass is 16.5. The molecule has 0 spiro atoms. The smallest absolute Gasteiger partial charge is 0.254 e. The Bertz CT molecular complexity index is 1200. The van der Waals surface area contributed by atoms with Crippen molar-refractivity contribution >= 4 is 16.7 Å². The first-order valence-corrected chi connectivity index (χ1v) is 9.86. The van der Waals surface area contributed by atoms with E-state index in [2.05, 4.69) is 10.1 Å². The Balaban J connectivity index is 1.75. The number of hydrogen-bond donors (Lipinski definition) is 0. The minimum Gasteiger partial charge on any atom is -0.478 e. The summed E-state index contributed by atoms with van der Waals surface area (Å²) in [5.74, 6) is 1.24. The fourth-order valence-electron chi connectivity index (χ4n) is 3.59. The minimum absolute atomic E-state index is 0.0744. The van der Waals surface area contributed by atoms with Crippen LogP contribution in [0.4, 0.5) is 0 Å². The number of rotatable bonds is 6. The molecule has 2 aromatic carbocycles. The minimum atomic E-state index is -0.0744. The fraction of sp³-hybridized carbons (Fsp3) is 0.208. The van der Waals surface area contributed by atoms with E-state index in [1.165, 1.54) is 0 Å². The predicted molar refractivity (Wildman–Crippen MR) is 115 cm³/mol. The maximum Gasteiger partial charge on any atom is 0.254 e. The molecular formula is C24H23N3O3. The maximum atomic E-state index is 13.2. The average Bonchev–Trinajstić information content (AvgIpc) is 3.17. The van der Waals surface area contributed by atoms with Crippen molar-refractivity contribution in [2.75, 3.05) is 13.7 Å². The van der Waals surface area contributed by atoms with Crippen molar-refractivity contribution < 1.29 is 14.1 Å². The SMILES string of the molecule is CCOc1ncccc1-c1cccc2c(C(=O)N(C)Cc3cc(C)on3)cccc12. The number of carbonyl (C=O) groups is 1. The summed E-state index contributed by atoms with van der Waals surface area (Å²) in [6.45, 7) is 4.68. The zero-order valence-electron chi connectivity index (χ0n) is 17.3. The van der Waals surface area contributed by atoms with Gasteiger partial charge in [-0.3, -0.25) is 4.79 Å². The lowest BCUT2D eigenvalue weighted by molar-refractivity contribution is 0.0784. The van der Waals surface area contributed by atoms with Gasteiger partial charge in [-0.05, 0) is 48.4 Å². The first-order chi connectivity index (χ1) is 14.6. The van der Waals surface area contributed by atoms with E-state index >= 15 is 0 Å². The number of aryl methyl sites for hydroxylation is 1. The van der Waals surface area contributed by atoms with Crippen molar-refractivity contribution in [3.8, 4) is 17.0 Å². The molecular weight excluding hydrogens is 378 g/mol. The molecule has 2 aromatic heterocycles. The van der Waals surface area contributed by atoms with Crippen molar-refractivity contribution in [1.29, 1.82) is 0 Å². The number of pyridine rings is 1. The number of aromatic nitrogens is 2. The van der Waals surface area contributed by atoms with Gasteiger partial charge in [0.05, 0.1) is 13.2 Å². The highest BCUT2D eigenvalue weighted by Gasteiger charge is 2.18. The van der Waals surface area contributed by atoms with Gasteiger partial charge >= 0.3 is 0 Å². The van der Waals surface area contributed by atoms with Gasteiger partial charge in [-0.1, -0.05) is 35.5 Å². The summed E-state index contributed by atoms with van der Waals surface area (Å²) in [7, 11) is 1.77. The fourth-order valence-corrected chi connectivity index (χ4v) is 3.59. The van der Waals surface area contributed by atoms with Crippen LogP contribution in [-0.2, 0) is 6.54 Å². The van der Waals surface area contributed by atoms with Gasteiger partial charge in [-0.15, -0.1) is 0 Å². The molecule has 152 valence electrons. The van der Waals surface area contributed by atoms with E-state index in [-0.39, 0.29) is 5.91 Å². The van der Waals surface area contributed by atoms with Gasteiger partial charge in [0.15, 0.2) is 0 Å². The van der Waals surface area contributed by atoms with Crippen molar-refractivity contribution in [2.45, 2.75) is 20.4 Å². The second kappa shape index (κ2) is 8.37. The molecule has 6 heteroatoms. The second-order valence-corrected chi connectivity index (χ2v) is 7.09. The molecule has 30 heavy (non-hydrogen) atoms. The van der Waals surface area contributed by atoms with E-state index in [0.717, 1.165) is 33.4 Å². The Labute approximate surface area is 175 Å². The van der Waals surface area contributed by atoms with Gasteiger partial charge in [0.2, 0.25) is 5.88 Å². The third-order valence-electron chi connectivity index (χ3n) is 4.92. The summed E-state index contributed by atoms with van der Waals surface area (Å²) in [5.41, 5.74) is 3.24. The van der Waals surface area contributed by atoms with Crippen LogP contribution >= 0.6 is 0 Å². The molecule has 0 unspecified atom stereocenters. The number of nitrogens with zero attached hydrogens (tertiary/aromatic N) is 3. The third kappa shape index (κ3) is 3.76. The lowest BCUT2D eigenvalue weighted by Crippen LogP contribution is -2.26. The summed E-state index contributed by atoms with van der Waals surface area (Å²) >= 11 is 0. The van der Waals surface area contributed by atoms with Gasteiger partial charge in [0.1, 0.15) is 11.5 Å². The first-order valence-electron chi connectivity index (χ1n) is 9.86. The molecule has 4 aromatic rings. The highest BCUT2D eigenvalue weighted by Crippen LogP contribution is 2.35. The molecule has 6 nitrogen and oxygen atoms in total. The normalized spacial score (nSPS) is 10.9. The van der Waals surface area contributed by atoms with Crippen molar-refractivity contribution in [3.63, 3.8) is 0 Å². The summed E-state index contributed by atoms with van der Waals surface area (Å²) < 4.78 is 10.8.